The first-order chi connectivity index (χ1) is 7.76. The molecule has 1 aliphatic rings. The molecule has 0 spiro atoms. The lowest BCUT2D eigenvalue weighted by Crippen LogP contribution is -2.35. The van der Waals surface area contributed by atoms with Crippen LogP contribution in [-0.4, -0.2) is 12.6 Å². The highest BCUT2D eigenvalue weighted by atomic mass is 14.9. The van der Waals surface area contributed by atoms with Crippen molar-refractivity contribution in [1.29, 1.82) is 0 Å². The predicted octanol–water partition coefficient (Wildman–Crippen LogP) is 4.37. The Kier molecular flexibility index (Phi) is 7.11. The zero-order valence-corrected chi connectivity index (χ0v) is 11.6. The normalized spacial score (nSPS) is 27.9. The van der Waals surface area contributed by atoms with Crippen LogP contribution in [0.2, 0.25) is 0 Å². The molecule has 1 nitrogen and oxygen atoms in total. The van der Waals surface area contributed by atoms with Crippen molar-refractivity contribution in [2.24, 2.45) is 11.8 Å². The first kappa shape index (κ1) is 14.0. The molecule has 0 heterocycles. The van der Waals surface area contributed by atoms with Gasteiger partial charge in [0.05, 0.1) is 0 Å². The maximum Gasteiger partial charge on any atom is 0.00673 e. The lowest BCUT2D eigenvalue weighted by atomic mass is 9.83. The van der Waals surface area contributed by atoms with E-state index in [1.807, 2.05) is 0 Å². The number of rotatable bonds is 7. The molecule has 0 radical (unpaired) electrons. The van der Waals surface area contributed by atoms with Crippen LogP contribution in [0.5, 0.6) is 0 Å². The molecule has 1 heteroatoms. The third-order valence-corrected chi connectivity index (χ3v) is 4.08. The van der Waals surface area contributed by atoms with E-state index in [2.05, 4.69) is 26.1 Å². The topological polar surface area (TPSA) is 12.0 Å². The summed E-state index contributed by atoms with van der Waals surface area (Å²) in [7, 11) is 0. The summed E-state index contributed by atoms with van der Waals surface area (Å²) in [6.45, 7) is 8.21. The van der Waals surface area contributed by atoms with Crippen molar-refractivity contribution in [2.45, 2.75) is 78.2 Å². The first-order valence-electron chi connectivity index (χ1n) is 7.49. The van der Waals surface area contributed by atoms with E-state index in [9.17, 15) is 0 Å². The molecule has 0 amide bonds. The summed E-state index contributed by atoms with van der Waals surface area (Å²) in [4.78, 5) is 0. The van der Waals surface area contributed by atoms with Gasteiger partial charge in [-0.05, 0) is 50.5 Å². The van der Waals surface area contributed by atoms with Crippen LogP contribution in [0.3, 0.4) is 0 Å². The van der Waals surface area contributed by atoms with Gasteiger partial charge in [0.15, 0.2) is 0 Å². The molecule has 1 unspecified atom stereocenters. The van der Waals surface area contributed by atoms with Gasteiger partial charge < -0.3 is 5.32 Å². The summed E-state index contributed by atoms with van der Waals surface area (Å²) in [6, 6.07) is 0.826. The van der Waals surface area contributed by atoms with Gasteiger partial charge in [-0.2, -0.15) is 0 Å². The SMILES string of the molecule is CCCC(C)CNC1CCC(CCC)CC1. The van der Waals surface area contributed by atoms with Crippen molar-refractivity contribution in [1.82, 2.24) is 5.32 Å². The Morgan fingerprint density at radius 1 is 1.06 bits per heavy atom. The van der Waals surface area contributed by atoms with Crippen molar-refractivity contribution >= 4 is 0 Å². The quantitative estimate of drug-likeness (QED) is 0.678. The highest BCUT2D eigenvalue weighted by Gasteiger charge is 2.20. The van der Waals surface area contributed by atoms with Gasteiger partial charge in [0.25, 0.3) is 0 Å². The summed E-state index contributed by atoms with van der Waals surface area (Å²) >= 11 is 0. The van der Waals surface area contributed by atoms with Gasteiger partial charge in [-0.25, -0.2) is 0 Å². The molecule has 1 saturated carbocycles. The molecule has 1 aliphatic carbocycles. The van der Waals surface area contributed by atoms with E-state index < -0.39 is 0 Å². The molecular formula is C15H31N. The van der Waals surface area contributed by atoms with Crippen molar-refractivity contribution in [3.63, 3.8) is 0 Å². The molecule has 0 saturated heterocycles. The van der Waals surface area contributed by atoms with E-state index in [1.165, 1.54) is 57.9 Å². The second-order valence-corrected chi connectivity index (χ2v) is 5.81. The van der Waals surface area contributed by atoms with E-state index in [4.69, 9.17) is 0 Å². The number of nitrogens with one attached hydrogen (secondary N) is 1. The highest BCUT2D eigenvalue weighted by Crippen LogP contribution is 2.27. The van der Waals surface area contributed by atoms with Gasteiger partial charge in [0.1, 0.15) is 0 Å². The Labute approximate surface area is 102 Å². The summed E-state index contributed by atoms with van der Waals surface area (Å²) in [5.74, 6) is 1.90. The molecule has 1 fully saturated rings. The molecule has 0 aromatic rings. The Morgan fingerprint density at radius 2 is 1.75 bits per heavy atom. The van der Waals surface area contributed by atoms with Gasteiger partial charge in [-0.15, -0.1) is 0 Å². The second-order valence-electron chi connectivity index (χ2n) is 5.81. The minimum atomic E-state index is 0.826. The van der Waals surface area contributed by atoms with E-state index >= 15 is 0 Å². The zero-order chi connectivity index (χ0) is 11.8. The Hall–Kier alpha value is -0.0400. The van der Waals surface area contributed by atoms with Crippen LogP contribution in [0.4, 0.5) is 0 Å². The molecule has 0 aromatic carbocycles. The highest BCUT2D eigenvalue weighted by molar-refractivity contribution is 4.77. The maximum atomic E-state index is 3.77. The van der Waals surface area contributed by atoms with Crippen LogP contribution in [-0.2, 0) is 0 Å². The van der Waals surface area contributed by atoms with Crippen LogP contribution in [0.15, 0.2) is 0 Å². The minimum Gasteiger partial charge on any atom is -0.314 e. The average Bonchev–Trinajstić information content (AvgIpc) is 2.29. The Balaban J connectivity index is 2.07. The van der Waals surface area contributed by atoms with Crippen molar-refractivity contribution in [3.8, 4) is 0 Å². The van der Waals surface area contributed by atoms with E-state index in [0.29, 0.717) is 0 Å². The fraction of sp³-hybridized carbons (Fsp3) is 1.00. The minimum absolute atomic E-state index is 0.826. The van der Waals surface area contributed by atoms with Gasteiger partial charge in [-0.1, -0.05) is 40.0 Å². The molecule has 0 aromatic heterocycles. The predicted molar refractivity (Wildman–Crippen MR) is 72.7 cm³/mol. The maximum absolute atomic E-state index is 3.77. The van der Waals surface area contributed by atoms with Crippen molar-refractivity contribution in [3.05, 3.63) is 0 Å². The van der Waals surface area contributed by atoms with Gasteiger partial charge in [0.2, 0.25) is 0 Å². The number of hydrogen-bond acceptors (Lipinski definition) is 1. The van der Waals surface area contributed by atoms with E-state index in [1.54, 1.807) is 0 Å². The summed E-state index contributed by atoms with van der Waals surface area (Å²) in [5.41, 5.74) is 0. The molecule has 1 N–H and O–H groups in total. The van der Waals surface area contributed by atoms with Crippen LogP contribution in [0, 0.1) is 11.8 Å². The van der Waals surface area contributed by atoms with E-state index in [-0.39, 0.29) is 0 Å². The second kappa shape index (κ2) is 8.11. The largest absolute Gasteiger partial charge is 0.314 e. The lowest BCUT2D eigenvalue weighted by molar-refractivity contribution is 0.270. The summed E-state index contributed by atoms with van der Waals surface area (Å²) in [5, 5.41) is 3.77. The van der Waals surface area contributed by atoms with Crippen molar-refractivity contribution < 1.29 is 0 Å². The Morgan fingerprint density at radius 3 is 2.31 bits per heavy atom. The number of hydrogen-bond donors (Lipinski definition) is 1. The fourth-order valence-electron chi connectivity index (χ4n) is 3.03. The third kappa shape index (κ3) is 5.34. The van der Waals surface area contributed by atoms with Gasteiger partial charge >= 0.3 is 0 Å². The van der Waals surface area contributed by atoms with Crippen molar-refractivity contribution in [2.75, 3.05) is 6.54 Å². The Bertz CT molecular complexity index is 159. The standard InChI is InChI=1S/C15H31N/c1-4-6-13(3)12-16-15-10-8-14(7-5-2)9-11-15/h13-16H,4-12H2,1-3H3. The molecule has 16 heavy (non-hydrogen) atoms. The molecule has 0 aliphatic heterocycles. The monoisotopic (exact) mass is 225 g/mol. The smallest absolute Gasteiger partial charge is 0.00673 e. The van der Waals surface area contributed by atoms with Crippen LogP contribution < -0.4 is 5.32 Å². The van der Waals surface area contributed by atoms with Crippen LogP contribution in [0.1, 0.15) is 72.1 Å². The first-order valence-corrected chi connectivity index (χ1v) is 7.49. The molecule has 96 valence electrons. The zero-order valence-electron chi connectivity index (χ0n) is 11.6. The molecular weight excluding hydrogens is 194 g/mol. The van der Waals surface area contributed by atoms with Crippen LogP contribution >= 0.6 is 0 Å². The molecule has 0 bridgehead atoms. The lowest BCUT2D eigenvalue weighted by Gasteiger charge is -2.30. The molecule has 1 atom stereocenters. The van der Waals surface area contributed by atoms with Gasteiger partial charge in [0, 0.05) is 6.04 Å². The summed E-state index contributed by atoms with van der Waals surface area (Å²) < 4.78 is 0. The van der Waals surface area contributed by atoms with Crippen LogP contribution in [0.25, 0.3) is 0 Å². The average molecular weight is 225 g/mol. The third-order valence-electron chi connectivity index (χ3n) is 4.08. The van der Waals surface area contributed by atoms with E-state index in [0.717, 1.165) is 17.9 Å². The molecule has 1 rings (SSSR count). The summed E-state index contributed by atoms with van der Waals surface area (Å²) in [6.07, 6.45) is 11.3. The van der Waals surface area contributed by atoms with Gasteiger partial charge in [-0.3, -0.25) is 0 Å². The fourth-order valence-corrected chi connectivity index (χ4v) is 3.03.